The van der Waals surface area contributed by atoms with Crippen LogP contribution < -0.4 is 5.32 Å². The molecule has 2 N–H and O–H groups in total. The normalized spacial score (nSPS) is 10.8. The first kappa shape index (κ1) is 26.2. The molecular formula is C25H24LiN3O3S. The van der Waals surface area contributed by atoms with Crippen molar-refractivity contribution in [2.24, 2.45) is 0 Å². The summed E-state index contributed by atoms with van der Waals surface area (Å²) < 4.78 is 0. The van der Waals surface area contributed by atoms with E-state index in [9.17, 15) is 14.7 Å². The zero-order chi connectivity index (χ0) is 22.9. The van der Waals surface area contributed by atoms with E-state index >= 15 is 0 Å². The second kappa shape index (κ2) is 12.9. The van der Waals surface area contributed by atoms with Crippen LogP contribution in [0.1, 0.15) is 33.5 Å². The van der Waals surface area contributed by atoms with Gasteiger partial charge in [0, 0.05) is 23.5 Å². The van der Waals surface area contributed by atoms with E-state index in [4.69, 9.17) is 0 Å². The number of benzene rings is 2. The molecule has 33 heavy (non-hydrogen) atoms. The van der Waals surface area contributed by atoms with Gasteiger partial charge in [-0.15, -0.1) is 0 Å². The third-order valence-electron chi connectivity index (χ3n) is 4.83. The van der Waals surface area contributed by atoms with Crippen LogP contribution in [-0.4, -0.2) is 63.9 Å². The molecule has 0 spiro atoms. The molecule has 1 aromatic heterocycles. The third kappa shape index (κ3) is 7.23. The molecule has 1 unspecified atom stereocenters. The number of carboxylic acid groups (broad SMARTS) is 1. The van der Waals surface area contributed by atoms with Gasteiger partial charge in [-0.05, 0) is 60.2 Å². The monoisotopic (exact) mass is 453 g/mol. The molecule has 8 heteroatoms. The Morgan fingerprint density at radius 3 is 2.42 bits per heavy atom. The van der Waals surface area contributed by atoms with Crippen molar-refractivity contribution in [3.63, 3.8) is 0 Å². The Morgan fingerprint density at radius 2 is 1.76 bits per heavy atom. The summed E-state index contributed by atoms with van der Waals surface area (Å²) in [6, 6.07) is 12.1. The summed E-state index contributed by atoms with van der Waals surface area (Å²) in [4.78, 5) is 32.6. The van der Waals surface area contributed by atoms with Gasteiger partial charge in [-0.25, -0.2) is 14.8 Å². The number of thioether (sulfide) groups is 1. The SMILES string of the molecule is CSCCC(NC(=O)c1ccc(C#Cc2cncnc2)cc1-c1ccccc1C)C(=O)O.[LiH]. The fourth-order valence-corrected chi connectivity index (χ4v) is 3.63. The van der Waals surface area contributed by atoms with Crippen LogP contribution in [0, 0.1) is 18.8 Å². The molecule has 0 fully saturated rings. The average molecular weight is 453 g/mol. The van der Waals surface area contributed by atoms with Gasteiger partial charge in [-0.3, -0.25) is 4.79 Å². The van der Waals surface area contributed by atoms with Gasteiger partial charge >= 0.3 is 24.8 Å². The molecule has 6 nitrogen and oxygen atoms in total. The van der Waals surface area contributed by atoms with Crippen molar-refractivity contribution in [2.45, 2.75) is 19.4 Å². The van der Waals surface area contributed by atoms with Gasteiger partial charge in [-0.1, -0.05) is 36.1 Å². The van der Waals surface area contributed by atoms with E-state index in [2.05, 4.69) is 27.1 Å². The van der Waals surface area contributed by atoms with Crippen LogP contribution in [0.25, 0.3) is 11.1 Å². The predicted molar refractivity (Wildman–Crippen MR) is 134 cm³/mol. The van der Waals surface area contributed by atoms with Crippen LogP contribution in [0.3, 0.4) is 0 Å². The molecular weight excluding hydrogens is 429 g/mol. The summed E-state index contributed by atoms with van der Waals surface area (Å²) in [5.74, 6) is 5.27. The number of hydrogen-bond donors (Lipinski definition) is 2. The molecule has 0 aliphatic heterocycles. The number of aliphatic carboxylic acids is 1. The predicted octanol–water partition coefficient (Wildman–Crippen LogP) is 3.14. The number of carbonyl (C=O) groups is 2. The van der Waals surface area contributed by atoms with Crippen molar-refractivity contribution in [3.8, 4) is 23.0 Å². The zero-order valence-electron chi connectivity index (χ0n) is 17.8. The Kier molecular flexibility index (Phi) is 10.2. The Bertz CT molecular complexity index is 1180. The van der Waals surface area contributed by atoms with Gasteiger partial charge in [0.15, 0.2) is 0 Å². The fraction of sp³-hybridized carbons (Fsp3) is 0.200. The number of amides is 1. The van der Waals surface area contributed by atoms with E-state index in [-0.39, 0.29) is 18.9 Å². The van der Waals surface area contributed by atoms with Crippen molar-refractivity contribution in [1.82, 2.24) is 15.3 Å². The Labute approximate surface area is 209 Å². The topological polar surface area (TPSA) is 92.2 Å². The molecule has 164 valence electrons. The quantitative estimate of drug-likeness (QED) is 0.422. The number of hydrogen-bond acceptors (Lipinski definition) is 5. The van der Waals surface area contributed by atoms with Crippen molar-refractivity contribution in [1.29, 1.82) is 0 Å². The number of rotatable bonds is 7. The summed E-state index contributed by atoms with van der Waals surface area (Å²) in [6.07, 6.45) is 6.96. The number of carbonyl (C=O) groups excluding carboxylic acids is 1. The first-order valence-corrected chi connectivity index (χ1v) is 11.4. The molecule has 0 radical (unpaired) electrons. The molecule has 3 rings (SSSR count). The summed E-state index contributed by atoms with van der Waals surface area (Å²) in [5, 5.41) is 12.2. The molecule has 0 bridgehead atoms. The molecule has 1 amide bonds. The van der Waals surface area contributed by atoms with Crippen LogP contribution in [-0.2, 0) is 4.79 Å². The Hall–Kier alpha value is -3.03. The summed E-state index contributed by atoms with van der Waals surface area (Å²) in [6.45, 7) is 1.97. The summed E-state index contributed by atoms with van der Waals surface area (Å²) in [5.41, 5.74) is 4.40. The maximum absolute atomic E-state index is 13.1. The van der Waals surface area contributed by atoms with Gasteiger partial charge in [0.1, 0.15) is 12.4 Å². The van der Waals surface area contributed by atoms with Crippen LogP contribution in [0.4, 0.5) is 0 Å². The van der Waals surface area contributed by atoms with Crippen molar-refractivity contribution >= 4 is 42.5 Å². The van der Waals surface area contributed by atoms with E-state index in [0.29, 0.717) is 28.9 Å². The molecule has 3 aromatic rings. The number of aryl methyl sites for hydroxylation is 1. The Morgan fingerprint density at radius 1 is 1.06 bits per heavy atom. The van der Waals surface area contributed by atoms with Crippen molar-refractivity contribution < 1.29 is 14.7 Å². The number of carboxylic acids is 1. The first-order valence-electron chi connectivity index (χ1n) is 9.99. The fourth-order valence-electron chi connectivity index (χ4n) is 3.16. The van der Waals surface area contributed by atoms with Crippen molar-refractivity contribution in [2.75, 3.05) is 12.0 Å². The van der Waals surface area contributed by atoms with Crippen LogP contribution >= 0.6 is 11.8 Å². The minimum atomic E-state index is -1.04. The van der Waals surface area contributed by atoms with Gasteiger partial charge in [0.25, 0.3) is 5.91 Å². The molecule has 0 aliphatic carbocycles. The van der Waals surface area contributed by atoms with E-state index in [0.717, 1.165) is 16.7 Å². The number of aromatic nitrogens is 2. The number of nitrogens with zero attached hydrogens (tertiary/aromatic N) is 2. The van der Waals surface area contributed by atoms with E-state index < -0.39 is 17.9 Å². The third-order valence-corrected chi connectivity index (χ3v) is 5.47. The van der Waals surface area contributed by atoms with E-state index in [1.807, 2.05) is 43.5 Å². The molecule has 0 saturated heterocycles. The molecule has 1 atom stereocenters. The molecule has 2 aromatic carbocycles. The van der Waals surface area contributed by atoms with Gasteiger partial charge in [-0.2, -0.15) is 11.8 Å². The summed E-state index contributed by atoms with van der Waals surface area (Å²) >= 11 is 1.54. The Balaban J connectivity index is 0.00000385. The van der Waals surface area contributed by atoms with Gasteiger partial charge < -0.3 is 10.4 Å². The average Bonchev–Trinajstić information content (AvgIpc) is 2.81. The van der Waals surface area contributed by atoms with Crippen LogP contribution in [0.15, 0.2) is 61.2 Å². The molecule has 0 aliphatic rings. The van der Waals surface area contributed by atoms with Crippen LogP contribution in [0.5, 0.6) is 0 Å². The molecule has 0 saturated carbocycles. The van der Waals surface area contributed by atoms with Crippen LogP contribution in [0.2, 0.25) is 0 Å². The zero-order valence-corrected chi connectivity index (χ0v) is 18.6. The molecule has 1 heterocycles. The second-order valence-electron chi connectivity index (χ2n) is 7.10. The second-order valence-corrected chi connectivity index (χ2v) is 8.08. The number of nitrogens with one attached hydrogen (secondary N) is 1. The summed E-state index contributed by atoms with van der Waals surface area (Å²) in [7, 11) is 0. The standard InChI is InChI=1S/C25H23N3O3S.Li.H/c1-17-5-3-4-6-20(17)22-13-18(7-8-19-14-26-16-27-15-19)9-10-21(22)24(29)28-23(25(30)31)11-12-32-2;;/h3-6,9-10,13-16,23H,11-12H2,1-2H3,(H,28,29)(H,30,31);;. The maximum atomic E-state index is 13.1. The van der Waals surface area contributed by atoms with E-state index in [1.165, 1.54) is 18.1 Å². The van der Waals surface area contributed by atoms with Crippen molar-refractivity contribution in [3.05, 3.63) is 83.4 Å². The minimum absolute atomic E-state index is 0. The van der Waals surface area contributed by atoms with Gasteiger partial charge in [0.2, 0.25) is 0 Å². The van der Waals surface area contributed by atoms with Gasteiger partial charge in [0.05, 0.1) is 5.56 Å². The first-order chi connectivity index (χ1) is 15.5. The van der Waals surface area contributed by atoms with E-state index in [1.54, 1.807) is 24.5 Å².